The molecule has 0 saturated heterocycles. The molecule has 4 N–H and O–H groups in total. The fraction of sp³-hybridized carbons (Fsp3) is 0.100. The topological polar surface area (TPSA) is 121 Å². The molecule has 30 heavy (non-hydrogen) atoms. The minimum atomic E-state index is 0. The highest BCUT2D eigenvalue weighted by molar-refractivity contribution is 5.98. The summed E-state index contributed by atoms with van der Waals surface area (Å²) >= 11 is 0. The van der Waals surface area contributed by atoms with Crippen LogP contribution in [0.5, 0.6) is 0 Å². The molecule has 0 radical (unpaired) electrons. The van der Waals surface area contributed by atoms with Crippen molar-refractivity contribution in [3.63, 3.8) is 0 Å². The van der Waals surface area contributed by atoms with Crippen LogP contribution < -0.4 is 11.5 Å². The van der Waals surface area contributed by atoms with E-state index in [0.29, 0.717) is 11.7 Å². The number of hydrogen-bond donors (Lipinski definition) is 2. The van der Waals surface area contributed by atoms with Gasteiger partial charge < -0.3 is 21.1 Å². The summed E-state index contributed by atoms with van der Waals surface area (Å²) in [7, 11) is 2.90. The maximum absolute atomic E-state index is 5.82. The lowest BCUT2D eigenvalue weighted by molar-refractivity contribution is 0.213. The van der Waals surface area contributed by atoms with Crippen LogP contribution >= 0.6 is 24.8 Å². The number of oxime groups is 2. The largest absolute Gasteiger partial charge is 0.397 e. The predicted octanol–water partition coefficient (Wildman–Crippen LogP) is 3.19. The van der Waals surface area contributed by atoms with Crippen molar-refractivity contribution in [1.82, 2.24) is 9.97 Å². The Bertz CT molecular complexity index is 930. The molecule has 0 amide bonds. The van der Waals surface area contributed by atoms with Crippen molar-refractivity contribution in [2.75, 3.05) is 14.2 Å². The smallest absolute Gasteiger partial charge is 0.170 e. The van der Waals surface area contributed by atoms with E-state index >= 15 is 0 Å². The Morgan fingerprint density at radius 2 is 1.07 bits per heavy atom. The third kappa shape index (κ3) is 5.82. The first kappa shape index (κ1) is 24.7. The van der Waals surface area contributed by atoms with Crippen LogP contribution in [0, 0.1) is 0 Å². The van der Waals surface area contributed by atoms with E-state index in [-0.39, 0.29) is 24.8 Å². The van der Waals surface area contributed by atoms with Crippen molar-refractivity contribution < 1.29 is 9.68 Å². The van der Waals surface area contributed by atoms with Crippen LogP contribution in [0.15, 0.2) is 71.2 Å². The summed E-state index contributed by atoms with van der Waals surface area (Å²) in [4.78, 5) is 18.4. The number of amidine groups is 2. The van der Waals surface area contributed by atoms with Gasteiger partial charge in [0, 0.05) is 22.3 Å². The summed E-state index contributed by atoms with van der Waals surface area (Å²) < 4.78 is 0. The van der Waals surface area contributed by atoms with Crippen LogP contribution in [0.4, 0.5) is 0 Å². The summed E-state index contributed by atoms with van der Waals surface area (Å²) in [5, 5.41) is 7.45. The number of nitrogens with zero attached hydrogens (tertiary/aromatic N) is 4. The minimum absolute atomic E-state index is 0. The van der Waals surface area contributed by atoms with Gasteiger partial charge in [-0.3, -0.25) is 4.98 Å². The van der Waals surface area contributed by atoms with Gasteiger partial charge in [0.25, 0.3) is 0 Å². The summed E-state index contributed by atoms with van der Waals surface area (Å²) in [6.07, 6.45) is 3.42. The summed E-state index contributed by atoms with van der Waals surface area (Å²) in [5.74, 6) is 0.621. The van der Waals surface area contributed by atoms with E-state index in [4.69, 9.17) is 26.1 Å². The van der Waals surface area contributed by atoms with E-state index < -0.39 is 0 Å². The van der Waals surface area contributed by atoms with E-state index in [1.165, 1.54) is 14.2 Å². The molecule has 2 aromatic carbocycles. The van der Waals surface area contributed by atoms with Gasteiger partial charge in [-0.2, -0.15) is 0 Å². The molecule has 158 valence electrons. The molecule has 0 aliphatic rings. The molecule has 0 fully saturated rings. The Balaban J connectivity index is 0.00000225. The number of aromatic nitrogens is 2. The second kappa shape index (κ2) is 11.6. The second-order valence-electron chi connectivity index (χ2n) is 5.76. The SMILES string of the molecule is CO/N=C(/N)c1ccc(-c2cncc(-c3ccc(/C(N)=N\OC)cc3)n2)cc1.Cl.Cl. The molecule has 3 aromatic rings. The fourth-order valence-electron chi connectivity index (χ4n) is 2.57. The lowest BCUT2D eigenvalue weighted by Crippen LogP contribution is -2.13. The predicted molar refractivity (Wildman–Crippen MR) is 123 cm³/mol. The average molecular weight is 449 g/mol. The Labute approximate surface area is 186 Å². The molecular formula is C20H22Cl2N6O2. The molecule has 8 nitrogen and oxygen atoms in total. The van der Waals surface area contributed by atoms with Gasteiger partial charge in [-0.05, 0) is 0 Å². The Morgan fingerprint density at radius 1 is 0.700 bits per heavy atom. The molecule has 0 saturated carbocycles. The van der Waals surface area contributed by atoms with Crippen LogP contribution in [-0.4, -0.2) is 35.9 Å². The quantitative estimate of drug-likeness (QED) is 0.339. The van der Waals surface area contributed by atoms with E-state index in [1.54, 1.807) is 12.4 Å². The van der Waals surface area contributed by atoms with E-state index in [9.17, 15) is 0 Å². The van der Waals surface area contributed by atoms with Crippen LogP contribution in [0.1, 0.15) is 11.1 Å². The summed E-state index contributed by atoms with van der Waals surface area (Å²) in [6.45, 7) is 0. The van der Waals surface area contributed by atoms with E-state index in [2.05, 4.69) is 15.3 Å². The van der Waals surface area contributed by atoms with Gasteiger partial charge >= 0.3 is 0 Å². The van der Waals surface area contributed by atoms with Gasteiger partial charge in [0.15, 0.2) is 11.7 Å². The third-order valence-electron chi connectivity index (χ3n) is 3.97. The van der Waals surface area contributed by atoms with Gasteiger partial charge in [0.2, 0.25) is 0 Å². The highest BCUT2D eigenvalue weighted by Gasteiger charge is 2.07. The maximum Gasteiger partial charge on any atom is 0.170 e. The lowest BCUT2D eigenvalue weighted by atomic mass is 10.1. The van der Waals surface area contributed by atoms with Crippen molar-refractivity contribution in [3.05, 3.63) is 72.1 Å². The van der Waals surface area contributed by atoms with Crippen LogP contribution in [0.25, 0.3) is 22.5 Å². The number of nitrogens with two attached hydrogens (primary N) is 2. The number of benzene rings is 2. The van der Waals surface area contributed by atoms with Crippen LogP contribution in [-0.2, 0) is 9.68 Å². The highest BCUT2D eigenvalue weighted by atomic mass is 35.5. The number of halogens is 2. The van der Waals surface area contributed by atoms with Crippen LogP contribution in [0.2, 0.25) is 0 Å². The standard InChI is InChI=1S/C20H20N6O2.2ClH/c1-27-25-19(21)15-7-3-13(4-8-15)17-11-23-12-18(24-17)14-5-9-16(10-6-14)20(22)26-28-2;;/h3-12H,1-2H3,(H2,21,25)(H2,22,26);2*1H. The molecule has 1 aromatic heterocycles. The van der Waals surface area contributed by atoms with Crippen molar-refractivity contribution in [1.29, 1.82) is 0 Å². The average Bonchev–Trinajstić information content (AvgIpc) is 2.74. The molecule has 0 spiro atoms. The normalized spacial score (nSPS) is 11.1. The summed E-state index contributed by atoms with van der Waals surface area (Å²) in [5.41, 5.74) is 16.5. The van der Waals surface area contributed by atoms with E-state index in [1.807, 2.05) is 48.5 Å². The minimum Gasteiger partial charge on any atom is -0.397 e. The molecule has 1 heterocycles. The van der Waals surface area contributed by atoms with Crippen molar-refractivity contribution in [2.45, 2.75) is 0 Å². The lowest BCUT2D eigenvalue weighted by Gasteiger charge is -2.07. The zero-order chi connectivity index (χ0) is 19.9. The Kier molecular flexibility index (Phi) is 9.54. The Hall–Kier alpha value is -3.36. The molecular weight excluding hydrogens is 427 g/mol. The number of hydrogen-bond acceptors (Lipinski definition) is 6. The molecule has 0 aliphatic heterocycles. The molecule has 0 aliphatic carbocycles. The zero-order valence-corrected chi connectivity index (χ0v) is 18.0. The van der Waals surface area contributed by atoms with Crippen molar-refractivity contribution in [3.8, 4) is 22.5 Å². The van der Waals surface area contributed by atoms with Gasteiger partial charge in [0.05, 0.1) is 23.8 Å². The molecule has 0 atom stereocenters. The van der Waals surface area contributed by atoms with Gasteiger partial charge in [-0.15, -0.1) is 24.8 Å². The Morgan fingerprint density at radius 3 is 1.40 bits per heavy atom. The molecule has 0 bridgehead atoms. The number of rotatable bonds is 6. The molecule has 10 heteroatoms. The first-order chi connectivity index (χ1) is 13.6. The zero-order valence-electron chi connectivity index (χ0n) is 16.4. The van der Waals surface area contributed by atoms with Crippen molar-refractivity contribution >= 4 is 36.5 Å². The van der Waals surface area contributed by atoms with Gasteiger partial charge in [-0.1, -0.05) is 58.8 Å². The van der Waals surface area contributed by atoms with Gasteiger partial charge in [0.1, 0.15) is 14.2 Å². The summed E-state index contributed by atoms with van der Waals surface area (Å²) in [6, 6.07) is 15.1. The van der Waals surface area contributed by atoms with E-state index in [0.717, 1.165) is 33.6 Å². The molecule has 3 rings (SSSR count). The second-order valence-corrected chi connectivity index (χ2v) is 5.76. The monoisotopic (exact) mass is 448 g/mol. The fourth-order valence-corrected chi connectivity index (χ4v) is 2.57. The van der Waals surface area contributed by atoms with Crippen LogP contribution in [0.3, 0.4) is 0 Å². The first-order valence-electron chi connectivity index (χ1n) is 8.39. The third-order valence-corrected chi connectivity index (χ3v) is 3.97. The maximum atomic E-state index is 5.82. The highest BCUT2D eigenvalue weighted by Crippen LogP contribution is 2.22. The molecule has 0 unspecified atom stereocenters. The first-order valence-corrected chi connectivity index (χ1v) is 8.39. The van der Waals surface area contributed by atoms with Gasteiger partial charge in [-0.25, -0.2) is 4.98 Å². The van der Waals surface area contributed by atoms with Crippen molar-refractivity contribution in [2.24, 2.45) is 21.8 Å².